The van der Waals surface area contributed by atoms with Crippen molar-refractivity contribution in [1.29, 1.82) is 0 Å². The monoisotopic (exact) mass is 299 g/mol. The molecule has 0 bridgehead atoms. The molecule has 0 N–H and O–H groups in total. The SMILES string of the molecule is CN(C)c1ccc(C2CC2C(=O)c2ccc(Cl)cc2)cc1. The van der Waals surface area contributed by atoms with Crippen molar-refractivity contribution in [2.24, 2.45) is 5.92 Å². The van der Waals surface area contributed by atoms with Crippen molar-refractivity contribution in [2.45, 2.75) is 12.3 Å². The minimum Gasteiger partial charge on any atom is -0.378 e. The summed E-state index contributed by atoms with van der Waals surface area (Å²) in [6, 6.07) is 15.7. The molecule has 0 spiro atoms. The average Bonchev–Trinajstić information content (AvgIpc) is 3.28. The van der Waals surface area contributed by atoms with Crippen LogP contribution in [0.1, 0.15) is 28.3 Å². The van der Waals surface area contributed by atoms with Gasteiger partial charge in [-0.1, -0.05) is 23.7 Å². The van der Waals surface area contributed by atoms with Gasteiger partial charge in [-0.15, -0.1) is 0 Å². The third-order valence-electron chi connectivity index (χ3n) is 4.09. The molecule has 0 heterocycles. The summed E-state index contributed by atoms with van der Waals surface area (Å²) in [7, 11) is 4.05. The van der Waals surface area contributed by atoms with Crippen molar-refractivity contribution in [2.75, 3.05) is 19.0 Å². The maximum Gasteiger partial charge on any atom is 0.166 e. The van der Waals surface area contributed by atoms with Crippen LogP contribution in [0.15, 0.2) is 48.5 Å². The average molecular weight is 300 g/mol. The Bertz CT molecular complexity index is 646. The van der Waals surface area contributed by atoms with Crippen LogP contribution in [-0.2, 0) is 0 Å². The smallest absolute Gasteiger partial charge is 0.166 e. The molecular weight excluding hydrogens is 282 g/mol. The van der Waals surface area contributed by atoms with E-state index in [1.165, 1.54) is 11.3 Å². The zero-order valence-electron chi connectivity index (χ0n) is 12.2. The van der Waals surface area contributed by atoms with Crippen LogP contribution in [0.2, 0.25) is 5.02 Å². The van der Waals surface area contributed by atoms with E-state index >= 15 is 0 Å². The molecule has 21 heavy (non-hydrogen) atoms. The molecule has 1 fully saturated rings. The number of Topliss-reactive ketones (excluding diaryl/α,β-unsaturated/α-hetero) is 1. The predicted molar refractivity (Wildman–Crippen MR) is 87.4 cm³/mol. The number of ketones is 1. The van der Waals surface area contributed by atoms with Crippen molar-refractivity contribution in [3.8, 4) is 0 Å². The van der Waals surface area contributed by atoms with Crippen LogP contribution in [0.3, 0.4) is 0 Å². The first-order chi connectivity index (χ1) is 10.1. The highest BCUT2D eigenvalue weighted by Crippen LogP contribution is 2.49. The summed E-state index contributed by atoms with van der Waals surface area (Å²) in [5.41, 5.74) is 3.20. The third-order valence-corrected chi connectivity index (χ3v) is 4.35. The van der Waals surface area contributed by atoms with E-state index in [0.29, 0.717) is 10.9 Å². The van der Waals surface area contributed by atoms with Gasteiger partial charge in [0.1, 0.15) is 0 Å². The molecule has 0 saturated heterocycles. The van der Waals surface area contributed by atoms with Gasteiger partial charge in [0.05, 0.1) is 0 Å². The summed E-state index contributed by atoms with van der Waals surface area (Å²) in [4.78, 5) is 14.5. The summed E-state index contributed by atoms with van der Waals surface area (Å²) in [5, 5.41) is 0.665. The van der Waals surface area contributed by atoms with Gasteiger partial charge in [-0.3, -0.25) is 4.79 Å². The summed E-state index contributed by atoms with van der Waals surface area (Å²) in [6.07, 6.45) is 0.947. The number of hydrogen-bond donors (Lipinski definition) is 0. The van der Waals surface area contributed by atoms with E-state index in [2.05, 4.69) is 29.2 Å². The minimum atomic E-state index is 0.122. The molecule has 2 atom stereocenters. The Balaban J connectivity index is 1.71. The largest absolute Gasteiger partial charge is 0.378 e. The normalized spacial score (nSPS) is 20.1. The number of nitrogens with zero attached hydrogens (tertiary/aromatic N) is 1. The fourth-order valence-corrected chi connectivity index (χ4v) is 2.83. The number of carbonyl (C=O) groups excluding carboxylic acids is 1. The van der Waals surface area contributed by atoms with Gasteiger partial charge in [0, 0.05) is 36.3 Å². The van der Waals surface area contributed by atoms with E-state index in [-0.39, 0.29) is 11.7 Å². The Kier molecular flexibility index (Phi) is 3.73. The minimum absolute atomic E-state index is 0.122. The Morgan fingerprint density at radius 1 is 1.05 bits per heavy atom. The second-order valence-electron chi connectivity index (χ2n) is 5.81. The fourth-order valence-electron chi connectivity index (χ4n) is 2.70. The molecule has 3 heteroatoms. The highest BCUT2D eigenvalue weighted by atomic mass is 35.5. The number of benzene rings is 2. The van der Waals surface area contributed by atoms with E-state index in [0.717, 1.165) is 12.0 Å². The van der Waals surface area contributed by atoms with Crippen LogP contribution >= 0.6 is 11.6 Å². The van der Waals surface area contributed by atoms with Crippen molar-refractivity contribution >= 4 is 23.1 Å². The zero-order chi connectivity index (χ0) is 15.0. The summed E-state index contributed by atoms with van der Waals surface area (Å²) in [6.45, 7) is 0. The van der Waals surface area contributed by atoms with E-state index in [9.17, 15) is 4.79 Å². The van der Waals surface area contributed by atoms with Crippen LogP contribution in [0.5, 0.6) is 0 Å². The Labute approximate surface area is 130 Å². The quantitative estimate of drug-likeness (QED) is 0.780. The lowest BCUT2D eigenvalue weighted by Crippen LogP contribution is -2.08. The fraction of sp³-hybridized carbons (Fsp3) is 0.278. The molecule has 2 nitrogen and oxygen atoms in total. The first-order valence-corrected chi connectivity index (χ1v) is 7.51. The molecule has 0 aliphatic heterocycles. The molecule has 3 rings (SSSR count). The number of hydrogen-bond acceptors (Lipinski definition) is 2. The molecular formula is C18H18ClNO. The molecule has 2 aromatic carbocycles. The highest BCUT2D eigenvalue weighted by molar-refractivity contribution is 6.30. The molecule has 1 aliphatic carbocycles. The van der Waals surface area contributed by atoms with Gasteiger partial charge in [-0.25, -0.2) is 0 Å². The zero-order valence-corrected chi connectivity index (χ0v) is 13.0. The summed E-state index contributed by atoms with van der Waals surface area (Å²) >= 11 is 5.86. The van der Waals surface area contributed by atoms with Gasteiger partial charge in [-0.05, 0) is 54.3 Å². The maximum atomic E-state index is 12.4. The van der Waals surface area contributed by atoms with Crippen molar-refractivity contribution < 1.29 is 4.79 Å². The van der Waals surface area contributed by atoms with Crippen molar-refractivity contribution in [1.82, 2.24) is 0 Å². The number of carbonyl (C=O) groups is 1. The van der Waals surface area contributed by atoms with Crippen LogP contribution in [0, 0.1) is 5.92 Å². The second-order valence-corrected chi connectivity index (χ2v) is 6.24. The van der Waals surface area contributed by atoms with Gasteiger partial charge in [0.15, 0.2) is 5.78 Å². The van der Waals surface area contributed by atoms with Gasteiger partial charge in [-0.2, -0.15) is 0 Å². The van der Waals surface area contributed by atoms with Crippen LogP contribution < -0.4 is 4.90 Å². The number of anilines is 1. The summed E-state index contributed by atoms with van der Waals surface area (Å²) < 4.78 is 0. The van der Waals surface area contributed by atoms with Gasteiger partial charge < -0.3 is 4.90 Å². The van der Waals surface area contributed by atoms with Crippen molar-refractivity contribution in [3.63, 3.8) is 0 Å². The molecule has 1 saturated carbocycles. The predicted octanol–water partition coefficient (Wildman–Crippen LogP) is 4.39. The molecule has 108 valence electrons. The lowest BCUT2D eigenvalue weighted by Gasteiger charge is -2.12. The summed E-state index contributed by atoms with van der Waals surface area (Å²) in [5.74, 6) is 0.717. The van der Waals surface area contributed by atoms with Crippen LogP contribution in [0.25, 0.3) is 0 Å². The Morgan fingerprint density at radius 2 is 1.67 bits per heavy atom. The number of halogens is 1. The Hall–Kier alpha value is -1.80. The van der Waals surface area contributed by atoms with Gasteiger partial charge in [0.2, 0.25) is 0 Å². The molecule has 1 aliphatic rings. The lowest BCUT2D eigenvalue weighted by atomic mass is 10.0. The van der Waals surface area contributed by atoms with E-state index in [1.54, 1.807) is 12.1 Å². The maximum absolute atomic E-state index is 12.4. The van der Waals surface area contributed by atoms with E-state index in [1.807, 2.05) is 26.2 Å². The highest BCUT2D eigenvalue weighted by Gasteiger charge is 2.43. The van der Waals surface area contributed by atoms with Gasteiger partial charge in [0.25, 0.3) is 0 Å². The van der Waals surface area contributed by atoms with Crippen LogP contribution in [-0.4, -0.2) is 19.9 Å². The number of rotatable bonds is 4. The van der Waals surface area contributed by atoms with Crippen molar-refractivity contribution in [3.05, 3.63) is 64.7 Å². The van der Waals surface area contributed by atoms with E-state index < -0.39 is 0 Å². The standard InChI is InChI=1S/C18H18ClNO/c1-20(2)15-9-5-12(6-10-15)16-11-17(16)18(21)13-3-7-14(19)8-4-13/h3-10,16-17H,11H2,1-2H3. The Morgan fingerprint density at radius 3 is 2.24 bits per heavy atom. The molecule has 2 aromatic rings. The third kappa shape index (κ3) is 2.96. The first kappa shape index (κ1) is 14.2. The molecule has 0 amide bonds. The van der Waals surface area contributed by atoms with Crippen LogP contribution in [0.4, 0.5) is 5.69 Å². The second kappa shape index (κ2) is 5.53. The topological polar surface area (TPSA) is 20.3 Å². The molecule has 2 unspecified atom stereocenters. The molecule has 0 radical (unpaired) electrons. The first-order valence-electron chi connectivity index (χ1n) is 7.13. The molecule has 0 aromatic heterocycles. The van der Waals surface area contributed by atoms with E-state index in [4.69, 9.17) is 11.6 Å². The lowest BCUT2D eigenvalue weighted by molar-refractivity contribution is 0.0965. The van der Waals surface area contributed by atoms with Gasteiger partial charge >= 0.3 is 0 Å².